The van der Waals surface area contributed by atoms with Gasteiger partial charge in [0.05, 0.1) is 7.11 Å². The number of carboxylic acids is 1. The molecular formula is C14H19NO4. The predicted molar refractivity (Wildman–Crippen MR) is 71.5 cm³/mol. The monoisotopic (exact) mass is 265 g/mol. The van der Waals surface area contributed by atoms with E-state index in [2.05, 4.69) is 0 Å². The number of benzene rings is 1. The summed E-state index contributed by atoms with van der Waals surface area (Å²) in [6, 6.07) is 5.05. The van der Waals surface area contributed by atoms with Crippen molar-refractivity contribution in [1.82, 2.24) is 4.90 Å². The second-order valence-corrected chi connectivity index (χ2v) is 4.91. The molecule has 0 aliphatic rings. The van der Waals surface area contributed by atoms with Gasteiger partial charge >= 0.3 is 5.97 Å². The van der Waals surface area contributed by atoms with Crippen molar-refractivity contribution in [3.63, 3.8) is 0 Å². The van der Waals surface area contributed by atoms with Gasteiger partial charge in [-0.15, -0.1) is 0 Å². The molecule has 0 atom stereocenters. The standard InChI is InChI=1S/C14H19NO4/c1-9-6-7-10(8-11(9)19-5)12(16)15(4)14(2,3)13(17)18/h6-8H,1-5H3,(H,17,18). The van der Waals surface area contributed by atoms with E-state index < -0.39 is 11.5 Å². The Morgan fingerprint density at radius 1 is 1.32 bits per heavy atom. The molecule has 0 aromatic heterocycles. The topological polar surface area (TPSA) is 66.8 Å². The van der Waals surface area contributed by atoms with Crippen molar-refractivity contribution in [3.8, 4) is 5.75 Å². The second-order valence-electron chi connectivity index (χ2n) is 4.91. The summed E-state index contributed by atoms with van der Waals surface area (Å²) >= 11 is 0. The van der Waals surface area contributed by atoms with Crippen LogP contribution in [0, 0.1) is 6.92 Å². The molecule has 1 aromatic rings. The lowest BCUT2D eigenvalue weighted by molar-refractivity contribution is -0.147. The first-order valence-electron chi connectivity index (χ1n) is 5.88. The van der Waals surface area contributed by atoms with Gasteiger partial charge in [-0.05, 0) is 38.5 Å². The SMILES string of the molecule is COc1cc(C(=O)N(C)C(C)(C)C(=O)O)ccc1C. The van der Waals surface area contributed by atoms with Crippen LogP contribution in [0.5, 0.6) is 5.75 Å². The van der Waals surface area contributed by atoms with Crippen molar-refractivity contribution in [2.24, 2.45) is 0 Å². The second kappa shape index (κ2) is 5.30. The van der Waals surface area contributed by atoms with Gasteiger partial charge in [-0.3, -0.25) is 4.79 Å². The fourth-order valence-electron chi connectivity index (χ4n) is 1.54. The Morgan fingerprint density at radius 3 is 2.37 bits per heavy atom. The smallest absolute Gasteiger partial charge is 0.329 e. The number of likely N-dealkylation sites (N-methyl/N-ethyl adjacent to an activating group) is 1. The maximum atomic E-state index is 12.3. The highest BCUT2D eigenvalue weighted by Gasteiger charge is 2.35. The minimum Gasteiger partial charge on any atom is -0.496 e. The summed E-state index contributed by atoms with van der Waals surface area (Å²) in [6.45, 7) is 4.84. The summed E-state index contributed by atoms with van der Waals surface area (Å²) in [4.78, 5) is 24.6. The van der Waals surface area contributed by atoms with Crippen LogP contribution in [-0.4, -0.2) is 41.6 Å². The molecule has 104 valence electrons. The van der Waals surface area contributed by atoms with E-state index in [0.29, 0.717) is 11.3 Å². The van der Waals surface area contributed by atoms with E-state index in [1.54, 1.807) is 18.2 Å². The third-order valence-electron chi connectivity index (χ3n) is 3.32. The largest absolute Gasteiger partial charge is 0.496 e. The number of nitrogens with zero attached hydrogens (tertiary/aromatic N) is 1. The third-order valence-corrected chi connectivity index (χ3v) is 3.32. The zero-order chi connectivity index (χ0) is 14.8. The van der Waals surface area contributed by atoms with Crippen LogP contribution in [-0.2, 0) is 4.79 Å². The average molecular weight is 265 g/mol. The molecule has 0 heterocycles. The molecule has 0 saturated heterocycles. The Labute approximate surface area is 112 Å². The Bertz CT molecular complexity index is 508. The van der Waals surface area contributed by atoms with Crippen molar-refractivity contribution in [2.75, 3.05) is 14.2 Å². The lowest BCUT2D eigenvalue weighted by Gasteiger charge is -2.31. The molecular weight excluding hydrogens is 246 g/mol. The van der Waals surface area contributed by atoms with E-state index in [4.69, 9.17) is 9.84 Å². The number of hydrogen-bond donors (Lipinski definition) is 1. The number of rotatable bonds is 4. The van der Waals surface area contributed by atoms with Gasteiger partial charge in [-0.2, -0.15) is 0 Å². The fourth-order valence-corrected chi connectivity index (χ4v) is 1.54. The van der Waals surface area contributed by atoms with Gasteiger partial charge in [0, 0.05) is 12.6 Å². The Balaban J connectivity index is 3.10. The Kier molecular flexibility index (Phi) is 4.19. The van der Waals surface area contributed by atoms with Gasteiger partial charge in [0.25, 0.3) is 5.91 Å². The van der Waals surface area contributed by atoms with Crippen LogP contribution < -0.4 is 4.74 Å². The number of amides is 1. The fraction of sp³-hybridized carbons (Fsp3) is 0.429. The van der Waals surface area contributed by atoms with E-state index >= 15 is 0 Å². The highest BCUT2D eigenvalue weighted by molar-refractivity contribution is 5.97. The number of hydrogen-bond acceptors (Lipinski definition) is 3. The molecule has 0 unspecified atom stereocenters. The van der Waals surface area contributed by atoms with E-state index in [1.807, 2.05) is 6.92 Å². The lowest BCUT2D eigenvalue weighted by atomic mass is 10.0. The molecule has 1 rings (SSSR count). The van der Waals surface area contributed by atoms with Crippen LogP contribution in [0.2, 0.25) is 0 Å². The molecule has 1 N–H and O–H groups in total. The van der Waals surface area contributed by atoms with Crippen molar-refractivity contribution in [1.29, 1.82) is 0 Å². The third kappa shape index (κ3) is 2.86. The molecule has 19 heavy (non-hydrogen) atoms. The van der Waals surface area contributed by atoms with Gasteiger partial charge < -0.3 is 14.7 Å². The number of methoxy groups -OCH3 is 1. The number of ether oxygens (including phenoxy) is 1. The molecule has 0 fully saturated rings. The summed E-state index contributed by atoms with van der Waals surface area (Å²) in [5.74, 6) is -0.805. The number of carboxylic acid groups (broad SMARTS) is 1. The molecule has 0 radical (unpaired) electrons. The molecule has 0 saturated carbocycles. The van der Waals surface area contributed by atoms with Crippen LogP contribution in [0.1, 0.15) is 29.8 Å². The van der Waals surface area contributed by atoms with Crippen LogP contribution in [0.4, 0.5) is 0 Å². The molecule has 0 bridgehead atoms. The van der Waals surface area contributed by atoms with Crippen molar-refractivity contribution >= 4 is 11.9 Å². The maximum Gasteiger partial charge on any atom is 0.329 e. The summed E-state index contributed by atoms with van der Waals surface area (Å²) in [6.07, 6.45) is 0. The van der Waals surface area contributed by atoms with Gasteiger partial charge in [-0.1, -0.05) is 6.07 Å². The summed E-state index contributed by atoms with van der Waals surface area (Å²) in [5, 5.41) is 9.13. The van der Waals surface area contributed by atoms with Crippen molar-refractivity contribution in [2.45, 2.75) is 26.3 Å². The molecule has 5 nitrogen and oxygen atoms in total. The molecule has 1 amide bonds. The Hall–Kier alpha value is -2.04. The van der Waals surface area contributed by atoms with E-state index in [1.165, 1.54) is 32.9 Å². The summed E-state index contributed by atoms with van der Waals surface area (Å²) < 4.78 is 5.16. The number of aliphatic carboxylic acids is 1. The average Bonchev–Trinajstić information content (AvgIpc) is 2.37. The van der Waals surface area contributed by atoms with E-state index in [-0.39, 0.29) is 5.91 Å². The van der Waals surface area contributed by atoms with Crippen LogP contribution >= 0.6 is 0 Å². The van der Waals surface area contributed by atoms with Gasteiger partial charge in [0.15, 0.2) is 0 Å². The van der Waals surface area contributed by atoms with Crippen LogP contribution in [0.3, 0.4) is 0 Å². The normalized spacial score (nSPS) is 11.0. The number of aryl methyl sites for hydroxylation is 1. The number of carbonyl (C=O) groups excluding carboxylic acids is 1. The van der Waals surface area contributed by atoms with Crippen molar-refractivity contribution < 1.29 is 19.4 Å². The van der Waals surface area contributed by atoms with Crippen molar-refractivity contribution in [3.05, 3.63) is 29.3 Å². The quantitative estimate of drug-likeness (QED) is 0.903. The van der Waals surface area contributed by atoms with E-state index in [9.17, 15) is 9.59 Å². The van der Waals surface area contributed by atoms with Gasteiger partial charge in [0.2, 0.25) is 0 Å². The summed E-state index contributed by atoms with van der Waals surface area (Å²) in [5.41, 5.74) is 0.0494. The van der Waals surface area contributed by atoms with Gasteiger partial charge in [-0.25, -0.2) is 4.79 Å². The Morgan fingerprint density at radius 2 is 1.89 bits per heavy atom. The highest BCUT2D eigenvalue weighted by atomic mass is 16.5. The first-order valence-corrected chi connectivity index (χ1v) is 5.88. The minimum absolute atomic E-state index is 0.356. The first kappa shape index (κ1) is 15.0. The zero-order valence-corrected chi connectivity index (χ0v) is 11.9. The molecule has 0 aliphatic carbocycles. The molecule has 0 aliphatic heterocycles. The molecule has 0 spiro atoms. The number of carbonyl (C=O) groups is 2. The highest BCUT2D eigenvalue weighted by Crippen LogP contribution is 2.22. The van der Waals surface area contributed by atoms with Crippen LogP contribution in [0.25, 0.3) is 0 Å². The van der Waals surface area contributed by atoms with Gasteiger partial charge in [0.1, 0.15) is 11.3 Å². The van der Waals surface area contributed by atoms with Crippen LogP contribution in [0.15, 0.2) is 18.2 Å². The lowest BCUT2D eigenvalue weighted by Crippen LogP contribution is -2.50. The summed E-state index contributed by atoms with van der Waals surface area (Å²) in [7, 11) is 3.00. The predicted octanol–water partition coefficient (Wildman–Crippen LogP) is 1.94. The minimum atomic E-state index is -1.27. The first-order chi connectivity index (χ1) is 8.71. The zero-order valence-electron chi connectivity index (χ0n) is 11.9. The van der Waals surface area contributed by atoms with E-state index in [0.717, 1.165) is 5.56 Å². The molecule has 1 aromatic carbocycles. The molecule has 5 heteroatoms. The maximum absolute atomic E-state index is 12.3.